The predicted octanol–water partition coefficient (Wildman–Crippen LogP) is 7.16. The Labute approximate surface area is 392 Å². The molecule has 1 aromatic heterocycles. The van der Waals surface area contributed by atoms with E-state index in [0.717, 1.165) is 37.7 Å². The lowest BCUT2D eigenvalue weighted by Gasteiger charge is -2.47. The zero-order chi connectivity index (χ0) is 47.1. The Morgan fingerprint density at radius 2 is 1.62 bits per heavy atom. The van der Waals surface area contributed by atoms with Crippen molar-refractivity contribution >= 4 is 69.5 Å². The quantitative estimate of drug-likeness (QED) is 0.0986. The van der Waals surface area contributed by atoms with Gasteiger partial charge >= 0.3 is 11.7 Å². The van der Waals surface area contributed by atoms with Crippen LogP contribution in [-0.4, -0.2) is 79.5 Å². The van der Waals surface area contributed by atoms with Gasteiger partial charge in [0.1, 0.15) is 11.9 Å². The number of anilines is 1. The number of nitrogens with one attached hydrogen (secondary N) is 3. The Morgan fingerprint density at radius 3 is 2.29 bits per heavy atom. The first-order valence-electron chi connectivity index (χ1n) is 23.1. The summed E-state index contributed by atoms with van der Waals surface area (Å²) in [5.74, 6) is -4.05. The smallest absolute Gasteiger partial charge is 0.329 e. The molecule has 352 valence electrons. The van der Waals surface area contributed by atoms with Gasteiger partial charge in [0.05, 0.1) is 27.5 Å². The molecule has 1 spiro atoms. The van der Waals surface area contributed by atoms with Gasteiger partial charge in [-0.2, -0.15) is 0 Å². The van der Waals surface area contributed by atoms with E-state index in [1.54, 1.807) is 49.5 Å². The molecule has 4 fully saturated rings. The predicted molar refractivity (Wildman–Crippen MR) is 250 cm³/mol. The lowest BCUT2D eigenvalue weighted by molar-refractivity contribution is -0.138. The highest BCUT2D eigenvalue weighted by Gasteiger charge is 2.67. The molecule has 2 aliphatic carbocycles. The number of fused-ring (bicyclic) bond motifs is 1. The maximum absolute atomic E-state index is 16.2. The summed E-state index contributed by atoms with van der Waals surface area (Å²) in [4.78, 5) is 82.2. The van der Waals surface area contributed by atoms with Crippen LogP contribution in [0.25, 0.3) is 11.0 Å². The van der Waals surface area contributed by atoms with Crippen LogP contribution >= 0.6 is 23.2 Å². The average Bonchev–Trinajstić information content (AvgIpc) is 3.70. The molecule has 2 saturated heterocycles. The molecule has 6 N–H and O–H groups in total. The number of halogens is 3. The first-order valence-corrected chi connectivity index (χ1v) is 23.9. The molecule has 14 nitrogen and oxygen atoms in total. The Hall–Kier alpha value is -5.25. The standard InChI is InChI=1S/C49H58Cl2FN7O7/c1-48(46(65)55-33-9-6-8-31(50)27-33)40(34-10-7-11-35(51)41(34)52)42(56-49(48)22-4-3-5-23-49)44(63)54-32-15-12-29(13-16-32)45(64)58-24-20-28(21-25-58)30-14-17-36-38(26-30)57(2)47(66)59(36)37(43(53)62)18-19-39(60)61/h6-11,14,17,26-29,32,37,40,42,56H,3-5,12-13,15-16,18-25H2,1-2H3,(H2,53,62)(H,54,63)(H,55,65)(H,60,61)/t29?,32?,37?,40-,42+,48+/m0/s1. The van der Waals surface area contributed by atoms with E-state index in [4.69, 9.17) is 28.9 Å². The number of aromatic nitrogens is 2. The molecule has 2 saturated carbocycles. The topological polar surface area (TPSA) is 198 Å². The number of carboxylic acids is 1. The van der Waals surface area contributed by atoms with E-state index in [1.807, 2.05) is 24.0 Å². The molecule has 1 unspecified atom stereocenters. The van der Waals surface area contributed by atoms with Gasteiger partial charge in [-0.3, -0.25) is 38.4 Å². The summed E-state index contributed by atoms with van der Waals surface area (Å²) >= 11 is 12.7. The average molecular weight is 947 g/mol. The maximum atomic E-state index is 16.2. The second kappa shape index (κ2) is 19.2. The Bertz CT molecular complexity index is 2600. The third-order valence-electron chi connectivity index (χ3n) is 15.3. The number of aliphatic carboxylic acids is 1. The summed E-state index contributed by atoms with van der Waals surface area (Å²) in [6, 6.07) is 15.0. The van der Waals surface area contributed by atoms with Gasteiger partial charge in [-0.25, -0.2) is 9.18 Å². The van der Waals surface area contributed by atoms with E-state index in [0.29, 0.717) is 73.4 Å². The first-order chi connectivity index (χ1) is 31.5. The lowest BCUT2D eigenvalue weighted by Crippen LogP contribution is -2.58. The van der Waals surface area contributed by atoms with Crippen molar-refractivity contribution in [3.8, 4) is 0 Å². The molecule has 8 rings (SSSR count). The number of hydrogen-bond acceptors (Lipinski definition) is 7. The number of primary amides is 1. The number of rotatable bonds is 12. The molecule has 3 heterocycles. The van der Waals surface area contributed by atoms with E-state index in [9.17, 15) is 33.9 Å². The Kier molecular flexibility index (Phi) is 13.7. The fraction of sp³-hybridized carbons (Fsp3) is 0.510. The first kappa shape index (κ1) is 47.3. The van der Waals surface area contributed by atoms with Crippen LogP contribution in [0.4, 0.5) is 10.1 Å². The van der Waals surface area contributed by atoms with Gasteiger partial charge in [0.2, 0.25) is 23.6 Å². The van der Waals surface area contributed by atoms with Crippen LogP contribution in [0.5, 0.6) is 0 Å². The number of amides is 4. The van der Waals surface area contributed by atoms with E-state index in [1.165, 1.54) is 15.2 Å². The number of imidazole rings is 1. The highest BCUT2D eigenvalue weighted by Crippen LogP contribution is 2.58. The molecule has 3 aromatic carbocycles. The van der Waals surface area contributed by atoms with E-state index in [-0.39, 0.29) is 59.0 Å². The van der Waals surface area contributed by atoms with Gasteiger partial charge in [0.25, 0.3) is 0 Å². The molecule has 0 radical (unpaired) electrons. The van der Waals surface area contributed by atoms with Crippen LogP contribution in [0, 0.1) is 17.2 Å². The monoisotopic (exact) mass is 945 g/mol. The van der Waals surface area contributed by atoms with Gasteiger partial charge in [-0.1, -0.05) is 66.7 Å². The molecular formula is C49H58Cl2FN7O7. The van der Waals surface area contributed by atoms with Crippen LogP contribution in [-0.2, 0) is 31.0 Å². The summed E-state index contributed by atoms with van der Waals surface area (Å²) in [6.07, 6.45) is 7.31. The molecule has 0 bridgehead atoms. The van der Waals surface area contributed by atoms with Gasteiger partial charge in [-0.15, -0.1) is 0 Å². The van der Waals surface area contributed by atoms with Crippen LogP contribution in [0.1, 0.15) is 119 Å². The fourth-order valence-corrected chi connectivity index (χ4v) is 12.1. The third kappa shape index (κ3) is 8.86. The largest absolute Gasteiger partial charge is 0.481 e. The highest BCUT2D eigenvalue weighted by molar-refractivity contribution is 6.31. The second-order valence-electron chi connectivity index (χ2n) is 19.0. The Balaban J connectivity index is 0.925. The molecule has 4 aromatic rings. The van der Waals surface area contributed by atoms with Crippen molar-refractivity contribution < 1.29 is 33.5 Å². The van der Waals surface area contributed by atoms with Crippen molar-refractivity contribution in [1.82, 2.24) is 24.7 Å². The number of carbonyl (C=O) groups excluding carboxylic acids is 4. The fourth-order valence-electron chi connectivity index (χ4n) is 11.7. The van der Waals surface area contributed by atoms with Crippen molar-refractivity contribution in [3.63, 3.8) is 0 Å². The summed E-state index contributed by atoms with van der Waals surface area (Å²) in [6.45, 7) is 2.98. The summed E-state index contributed by atoms with van der Waals surface area (Å²) in [7, 11) is 1.61. The summed E-state index contributed by atoms with van der Waals surface area (Å²) < 4.78 is 19.0. The molecule has 2 aliphatic heterocycles. The van der Waals surface area contributed by atoms with Gasteiger partial charge < -0.3 is 26.4 Å². The highest BCUT2D eigenvalue weighted by atomic mass is 35.5. The molecule has 17 heteroatoms. The van der Waals surface area contributed by atoms with Crippen LogP contribution < -0.4 is 27.4 Å². The van der Waals surface area contributed by atoms with Gasteiger partial charge in [0.15, 0.2) is 0 Å². The van der Waals surface area contributed by atoms with Crippen LogP contribution in [0.2, 0.25) is 10.0 Å². The van der Waals surface area contributed by atoms with Crippen molar-refractivity contribution in [2.45, 2.75) is 126 Å². The van der Waals surface area contributed by atoms with Gasteiger partial charge in [-0.05, 0) is 118 Å². The van der Waals surface area contributed by atoms with Gasteiger partial charge in [0, 0.05) is 60.7 Å². The van der Waals surface area contributed by atoms with E-state index in [2.05, 4.69) is 16.0 Å². The Morgan fingerprint density at radius 1 is 0.924 bits per heavy atom. The maximum Gasteiger partial charge on any atom is 0.329 e. The number of carboxylic acid groups (broad SMARTS) is 1. The number of piperidine rings is 1. The molecule has 4 atom stereocenters. The number of benzene rings is 3. The summed E-state index contributed by atoms with van der Waals surface area (Å²) in [5, 5.41) is 19.5. The van der Waals surface area contributed by atoms with Crippen LogP contribution in [0.15, 0.2) is 65.5 Å². The molecular weight excluding hydrogens is 888 g/mol. The third-order valence-corrected chi connectivity index (χ3v) is 15.9. The number of likely N-dealkylation sites (tertiary alicyclic amines) is 1. The van der Waals surface area contributed by atoms with Crippen molar-refractivity contribution in [2.24, 2.45) is 24.1 Å². The normalized spacial score (nSPS) is 24.8. The molecule has 4 aliphatic rings. The van der Waals surface area contributed by atoms with Crippen molar-refractivity contribution in [1.29, 1.82) is 0 Å². The minimum absolute atomic E-state index is 0.0878. The minimum atomic E-state index is -1.28. The molecule has 4 amide bonds. The molecule has 66 heavy (non-hydrogen) atoms. The van der Waals surface area contributed by atoms with E-state index >= 15 is 4.39 Å². The van der Waals surface area contributed by atoms with Crippen LogP contribution in [0.3, 0.4) is 0 Å². The number of nitrogens with two attached hydrogens (primary N) is 1. The zero-order valence-corrected chi connectivity index (χ0v) is 38.8. The van der Waals surface area contributed by atoms with Crippen molar-refractivity contribution in [3.05, 3.63) is 98.1 Å². The lowest BCUT2D eigenvalue weighted by atomic mass is 9.58. The van der Waals surface area contributed by atoms with Crippen molar-refractivity contribution in [2.75, 3.05) is 18.4 Å². The number of carbonyl (C=O) groups is 5. The minimum Gasteiger partial charge on any atom is -0.481 e. The number of aryl methyl sites for hydroxylation is 1. The second-order valence-corrected chi connectivity index (χ2v) is 19.9. The number of nitrogens with zero attached hydrogens (tertiary/aromatic N) is 3. The number of hydrogen-bond donors (Lipinski definition) is 5. The zero-order valence-electron chi connectivity index (χ0n) is 37.3. The van der Waals surface area contributed by atoms with E-state index < -0.39 is 52.3 Å². The summed E-state index contributed by atoms with van der Waals surface area (Å²) in [5.41, 5.74) is 5.89. The SMILES string of the molecule is Cn1c(=O)n(C(CCC(=O)O)C(N)=O)c2ccc(C3CCN(C(=O)C4CCC(NC(=O)[C@@H]5NC6(CCCCC6)[C@@](C)(C(=O)Nc6cccc(Cl)c6)[C@H]5c5cccc(Cl)c5F)CC4)CC3)cc21.